The van der Waals surface area contributed by atoms with E-state index < -0.39 is 0 Å². The summed E-state index contributed by atoms with van der Waals surface area (Å²) in [5.74, 6) is 0.165. The van der Waals surface area contributed by atoms with E-state index in [1.807, 2.05) is 55.0 Å². The molecule has 0 atom stereocenters. The number of aromatic amines is 1. The van der Waals surface area contributed by atoms with Crippen LogP contribution in [0.5, 0.6) is 5.88 Å². The normalized spacial score (nSPS) is 14.1. The zero-order valence-electron chi connectivity index (χ0n) is 20.1. The Labute approximate surface area is 209 Å². The second-order valence-electron chi connectivity index (χ2n) is 9.48. The Bertz CT molecular complexity index is 1530. The Hall–Kier alpha value is -4.10. The minimum Gasteiger partial charge on any atom is -0.494 e. The number of hydrogen-bond donors (Lipinski definition) is 3. The van der Waals surface area contributed by atoms with Crippen molar-refractivity contribution in [2.45, 2.75) is 19.3 Å². The molecule has 1 aliphatic rings. The zero-order chi connectivity index (χ0) is 24.5. The van der Waals surface area contributed by atoms with E-state index in [0.29, 0.717) is 12.1 Å². The van der Waals surface area contributed by atoms with Crippen LogP contribution in [0.1, 0.15) is 34.3 Å². The molecule has 1 saturated heterocycles. The molecule has 3 aromatic heterocycles. The van der Waals surface area contributed by atoms with E-state index in [1.165, 1.54) is 12.8 Å². The van der Waals surface area contributed by atoms with Crippen LogP contribution in [0.3, 0.4) is 0 Å². The van der Waals surface area contributed by atoms with E-state index in [-0.39, 0.29) is 11.8 Å². The molecule has 1 aliphatic heterocycles. The first kappa shape index (κ1) is 22.4. The molecule has 0 saturated carbocycles. The molecule has 7 heteroatoms. The largest absolute Gasteiger partial charge is 0.494 e. The van der Waals surface area contributed by atoms with E-state index >= 15 is 0 Å². The van der Waals surface area contributed by atoms with Gasteiger partial charge in [0.15, 0.2) is 5.88 Å². The third-order valence-electron chi connectivity index (χ3n) is 7.12. The number of aromatic nitrogens is 3. The number of likely N-dealkylation sites (tertiary alicyclic amines) is 1. The molecule has 0 radical (unpaired) electrons. The molecule has 1 fully saturated rings. The van der Waals surface area contributed by atoms with Gasteiger partial charge in [0.1, 0.15) is 5.65 Å². The molecule has 2 aromatic carbocycles. The number of carbonyl (C=O) groups is 1. The van der Waals surface area contributed by atoms with Gasteiger partial charge in [0, 0.05) is 54.4 Å². The molecule has 4 heterocycles. The fourth-order valence-electron chi connectivity index (χ4n) is 5.15. The first-order chi connectivity index (χ1) is 17.7. The highest BCUT2D eigenvalue weighted by atomic mass is 16.3. The number of nitrogens with one attached hydrogen (secondary N) is 2. The maximum absolute atomic E-state index is 12.5. The van der Waals surface area contributed by atoms with Crippen LogP contribution >= 0.6 is 0 Å². The zero-order valence-corrected chi connectivity index (χ0v) is 20.1. The molecule has 0 unspecified atom stereocenters. The lowest BCUT2D eigenvalue weighted by Crippen LogP contribution is -2.33. The smallest absolute Gasteiger partial charge is 0.251 e. The lowest BCUT2D eigenvalue weighted by molar-refractivity contribution is 0.0949. The molecule has 1 amide bonds. The molecular formula is C29H29N5O2. The SMILES string of the molecule is O=C(NCCN1CCCC1)c1ccc(Cc2ccc(-c3ccc4c(O)[nH]cc4c3)n3ccnc23)cc1. The van der Waals surface area contributed by atoms with Crippen molar-refractivity contribution in [1.29, 1.82) is 0 Å². The van der Waals surface area contributed by atoms with Crippen molar-refractivity contribution in [2.24, 2.45) is 0 Å². The average molecular weight is 480 g/mol. The highest BCUT2D eigenvalue weighted by Crippen LogP contribution is 2.30. The summed E-state index contributed by atoms with van der Waals surface area (Å²) in [6.07, 6.45) is 8.85. The third kappa shape index (κ3) is 4.33. The molecule has 182 valence electrons. The number of nitrogens with zero attached hydrogens (tertiary/aromatic N) is 3. The molecule has 6 rings (SSSR count). The third-order valence-corrected chi connectivity index (χ3v) is 7.12. The van der Waals surface area contributed by atoms with Crippen LogP contribution in [0, 0.1) is 0 Å². The van der Waals surface area contributed by atoms with E-state index in [1.54, 1.807) is 0 Å². The van der Waals surface area contributed by atoms with Gasteiger partial charge in [-0.05, 0) is 73.0 Å². The monoisotopic (exact) mass is 479 g/mol. The summed E-state index contributed by atoms with van der Waals surface area (Å²) >= 11 is 0. The van der Waals surface area contributed by atoms with Crippen LogP contribution < -0.4 is 5.32 Å². The van der Waals surface area contributed by atoms with Gasteiger partial charge in [-0.25, -0.2) is 4.98 Å². The van der Waals surface area contributed by atoms with Gasteiger partial charge in [0.25, 0.3) is 5.91 Å². The molecule has 0 spiro atoms. The van der Waals surface area contributed by atoms with Crippen LogP contribution in [0.15, 0.2) is 73.2 Å². The maximum atomic E-state index is 12.5. The summed E-state index contributed by atoms with van der Waals surface area (Å²) in [7, 11) is 0. The minimum absolute atomic E-state index is 0.0199. The van der Waals surface area contributed by atoms with Gasteiger partial charge in [0.2, 0.25) is 0 Å². The Morgan fingerprint density at radius 2 is 1.89 bits per heavy atom. The topological polar surface area (TPSA) is 85.7 Å². The fraction of sp³-hybridized carbons (Fsp3) is 0.241. The quantitative estimate of drug-likeness (QED) is 0.318. The van der Waals surface area contributed by atoms with Crippen LogP contribution in [0.2, 0.25) is 0 Å². The average Bonchev–Trinajstić information content (AvgIpc) is 3.67. The first-order valence-corrected chi connectivity index (χ1v) is 12.5. The summed E-state index contributed by atoms with van der Waals surface area (Å²) < 4.78 is 2.10. The molecule has 36 heavy (non-hydrogen) atoms. The van der Waals surface area contributed by atoms with Crippen LogP contribution in [0.25, 0.3) is 27.7 Å². The van der Waals surface area contributed by atoms with Crippen molar-refractivity contribution < 1.29 is 9.90 Å². The molecule has 7 nitrogen and oxygen atoms in total. The number of H-pyrrole nitrogens is 1. The molecule has 3 N–H and O–H groups in total. The second-order valence-corrected chi connectivity index (χ2v) is 9.48. The standard InChI is InChI=1S/C29H29N5O2/c35-28(31-11-15-33-13-1-2-14-33)21-5-3-20(4-6-21)17-23-8-10-26(34-16-12-30-27(23)34)22-7-9-25-24(18-22)19-32-29(25)36/h3-10,12,16,18-19,32,36H,1-2,11,13-15,17H2,(H,31,35). The molecule has 0 bridgehead atoms. The Morgan fingerprint density at radius 3 is 2.72 bits per heavy atom. The number of hydrogen-bond acceptors (Lipinski definition) is 4. The van der Waals surface area contributed by atoms with Crippen molar-refractivity contribution in [1.82, 2.24) is 24.6 Å². The van der Waals surface area contributed by atoms with E-state index in [9.17, 15) is 9.90 Å². The van der Waals surface area contributed by atoms with Gasteiger partial charge in [0.05, 0.1) is 5.69 Å². The number of benzene rings is 2. The highest BCUT2D eigenvalue weighted by Gasteiger charge is 2.13. The number of imidazole rings is 1. The predicted molar refractivity (Wildman–Crippen MR) is 141 cm³/mol. The van der Waals surface area contributed by atoms with Crippen molar-refractivity contribution in [2.75, 3.05) is 26.2 Å². The number of rotatable bonds is 7. The lowest BCUT2D eigenvalue weighted by atomic mass is 10.0. The lowest BCUT2D eigenvalue weighted by Gasteiger charge is -2.14. The van der Waals surface area contributed by atoms with Gasteiger partial charge in [-0.2, -0.15) is 0 Å². The van der Waals surface area contributed by atoms with Crippen molar-refractivity contribution in [3.05, 3.63) is 89.9 Å². The van der Waals surface area contributed by atoms with Crippen LogP contribution in [0.4, 0.5) is 0 Å². The summed E-state index contributed by atoms with van der Waals surface area (Å²) in [6.45, 7) is 3.88. The summed E-state index contributed by atoms with van der Waals surface area (Å²) in [4.78, 5) is 22.4. The Morgan fingerprint density at radius 1 is 1.06 bits per heavy atom. The molecule has 5 aromatic rings. The maximum Gasteiger partial charge on any atom is 0.251 e. The number of amides is 1. The van der Waals surface area contributed by atoms with Crippen molar-refractivity contribution in [3.63, 3.8) is 0 Å². The van der Waals surface area contributed by atoms with Gasteiger partial charge in [-0.3, -0.25) is 9.20 Å². The molecule has 0 aliphatic carbocycles. The highest BCUT2D eigenvalue weighted by molar-refractivity contribution is 5.94. The predicted octanol–water partition coefficient (Wildman–Crippen LogP) is 4.60. The summed E-state index contributed by atoms with van der Waals surface area (Å²) in [6, 6.07) is 18.1. The van der Waals surface area contributed by atoms with Gasteiger partial charge < -0.3 is 20.3 Å². The summed E-state index contributed by atoms with van der Waals surface area (Å²) in [5, 5.41) is 14.7. The summed E-state index contributed by atoms with van der Waals surface area (Å²) in [5.41, 5.74) is 5.93. The van der Waals surface area contributed by atoms with Crippen LogP contribution in [-0.2, 0) is 6.42 Å². The number of carbonyl (C=O) groups excluding carboxylic acids is 1. The Kier molecular flexibility index (Phi) is 5.91. The van der Waals surface area contributed by atoms with Gasteiger partial charge >= 0.3 is 0 Å². The van der Waals surface area contributed by atoms with Gasteiger partial charge in [-0.15, -0.1) is 0 Å². The van der Waals surface area contributed by atoms with Crippen molar-refractivity contribution in [3.8, 4) is 17.1 Å². The fourth-order valence-corrected chi connectivity index (χ4v) is 5.15. The van der Waals surface area contributed by atoms with E-state index in [0.717, 1.165) is 64.9 Å². The van der Waals surface area contributed by atoms with E-state index in [2.05, 4.69) is 42.8 Å². The first-order valence-electron chi connectivity index (χ1n) is 12.5. The number of pyridine rings is 1. The number of aromatic hydroxyl groups is 1. The van der Waals surface area contributed by atoms with E-state index in [4.69, 9.17) is 0 Å². The Balaban J connectivity index is 1.17. The van der Waals surface area contributed by atoms with Gasteiger partial charge in [-0.1, -0.05) is 24.3 Å². The second kappa shape index (κ2) is 9.51. The minimum atomic E-state index is -0.0199. The van der Waals surface area contributed by atoms with Crippen molar-refractivity contribution >= 4 is 22.3 Å². The number of fused-ring (bicyclic) bond motifs is 2. The molecular weight excluding hydrogens is 450 g/mol. The van der Waals surface area contributed by atoms with Crippen LogP contribution in [-0.4, -0.2) is 56.5 Å².